The van der Waals surface area contributed by atoms with Gasteiger partial charge in [0.1, 0.15) is 12.4 Å². The minimum atomic E-state index is -4.35. The number of halogens is 4. The van der Waals surface area contributed by atoms with Crippen molar-refractivity contribution in [2.45, 2.75) is 56.8 Å². The van der Waals surface area contributed by atoms with Crippen molar-refractivity contribution < 1.29 is 22.6 Å². The minimum Gasteiger partial charge on any atom is -0.493 e. The van der Waals surface area contributed by atoms with Crippen LogP contribution in [0.3, 0.4) is 0 Å². The Balaban J connectivity index is 0.00000300. The van der Waals surface area contributed by atoms with Crippen LogP contribution in [0.1, 0.15) is 48.8 Å². The number of hydrogen-bond acceptors (Lipinski definition) is 5. The third-order valence-electron chi connectivity index (χ3n) is 5.02. The third-order valence-corrected chi connectivity index (χ3v) is 5.02. The molecule has 0 amide bonds. The molecule has 10 heteroatoms. The van der Waals surface area contributed by atoms with Crippen molar-refractivity contribution in [3.63, 3.8) is 0 Å². The van der Waals surface area contributed by atoms with E-state index in [1.807, 2.05) is 6.07 Å². The highest BCUT2D eigenvalue weighted by Crippen LogP contribution is 2.33. The van der Waals surface area contributed by atoms with Gasteiger partial charge in [-0.05, 0) is 43.4 Å². The number of aromatic nitrogens is 3. The van der Waals surface area contributed by atoms with E-state index in [0.717, 1.165) is 35.9 Å². The number of alkyl halides is 3. The molecule has 1 fully saturated rings. The lowest BCUT2D eigenvalue weighted by atomic mass is 9.86. The summed E-state index contributed by atoms with van der Waals surface area (Å²) in [6.07, 6.45) is -1.01. The van der Waals surface area contributed by atoms with Crippen LogP contribution in [0.5, 0.6) is 11.5 Å². The summed E-state index contributed by atoms with van der Waals surface area (Å²) in [6.45, 7) is -1.14. The van der Waals surface area contributed by atoms with Crippen LogP contribution in [0.4, 0.5) is 13.2 Å². The molecule has 1 aromatic heterocycles. The second-order valence-electron chi connectivity index (χ2n) is 7.14. The Morgan fingerprint density at radius 1 is 1.10 bits per heavy atom. The average Bonchev–Trinajstić information content (AvgIpc) is 3.02. The van der Waals surface area contributed by atoms with Gasteiger partial charge in [0, 0.05) is 18.4 Å². The normalized spacial score (nSPS) is 19.5. The van der Waals surface area contributed by atoms with Crippen LogP contribution in [-0.4, -0.2) is 41.2 Å². The number of benzene rings is 1. The predicted octanol–water partition coefficient (Wildman–Crippen LogP) is 3.86. The van der Waals surface area contributed by atoms with Crippen molar-refractivity contribution >= 4 is 12.4 Å². The second kappa shape index (κ2) is 9.67. The van der Waals surface area contributed by atoms with Gasteiger partial charge in [0.2, 0.25) is 0 Å². The summed E-state index contributed by atoms with van der Waals surface area (Å²) in [5, 5.41) is 4.17. The van der Waals surface area contributed by atoms with Crippen LogP contribution in [0, 0.1) is 0 Å². The lowest BCUT2D eigenvalue weighted by molar-refractivity contribution is -0.143. The molecule has 29 heavy (non-hydrogen) atoms. The van der Waals surface area contributed by atoms with E-state index in [4.69, 9.17) is 15.2 Å². The quantitative estimate of drug-likeness (QED) is 0.747. The summed E-state index contributed by atoms with van der Waals surface area (Å²) in [4.78, 5) is 4.48. The van der Waals surface area contributed by atoms with E-state index < -0.39 is 12.7 Å². The Labute approximate surface area is 174 Å². The lowest BCUT2D eigenvalue weighted by Crippen LogP contribution is -2.28. The van der Waals surface area contributed by atoms with Crippen LogP contribution in [0.2, 0.25) is 0 Å². The molecule has 1 aromatic carbocycles. The monoisotopic (exact) mass is 434 g/mol. The lowest BCUT2D eigenvalue weighted by Gasteiger charge is -2.25. The van der Waals surface area contributed by atoms with E-state index in [-0.39, 0.29) is 24.4 Å². The van der Waals surface area contributed by atoms with Crippen molar-refractivity contribution in [1.29, 1.82) is 0 Å². The molecule has 0 aliphatic heterocycles. The number of methoxy groups -OCH3 is 2. The first kappa shape index (κ1) is 23.3. The molecule has 162 valence electrons. The largest absolute Gasteiger partial charge is 0.493 e. The molecule has 0 spiro atoms. The number of nitrogens with two attached hydrogens (primary N) is 1. The summed E-state index contributed by atoms with van der Waals surface area (Å²) in [5.74, 6) is 1.85. The first-order valence-corrected chi connectivity index (χ1v) is 9.26. The van der Waals surface area contributed by atoms with Crippen molar-refractivity contribution in [2.24, 2.45) is 5.73 Å². The fourth-order valence-corrected chi connectivity index (χ4v) is 3.62. The van der Waals surface area contributed by atoms with E-state index in [9.17, 15) is 13.2 Å². The highest BCUT2D eigenvalue weighted by Gasteiger charge is 2.33. The smallest absolute Gasteiger partial charge is 0.408 e. The van der Waals surface area contributed by atoms with Crippen LogP contribution in [0.25, 0.3) is 0 Å². The van der Waals surface area contributed by atoms with Crippen molar-refractivity contribution in [3.8, 4) is 11.5 Å². The van der Waals surface area contributed by atoms with Gasteiger partial charge in [-0.15, -0.1) is 12.4 Å². The zero-order chi connectivity index (χ0) is 20.3. The molecule has 0 unspecified atom stereocenters. The van der Waals surface area contributed by atoms with Gasteiger partial charge in [0.15, 0.2) is 17.3 Å². The van der Waals surface area contributed by atoms with E-state index in [1.165, 1.54) is 7.11 Å². The van der Waals surface area contributed by atoms with Gasteiger partial charge in [-0.25, -0.2) is 9.67 Å². The summed E-state index contributed by atoms with van der Waals surface area (Å²) >= 11 is 0. The summed E-state index contributed by atoms with van der Waals surface area (Å²) in [5.41, 5.74) is 6.76. The fraction of sp³-hybridized carbons (Fsp3) is 0.579. The molecule has 1 saturated carbocycles. The first-order chi connectivity index (χ1) is 13.3. The molecule has 2 aromatic rings. The van der Waals surface area contributed by atoms with E-state index in [0.29, 0.717) is 29.6 Å². The van der Waals surface area contributed by atoms with E-state index >= 15 is 0 Å². The number of hydrogen-bond donors (Lipinski definition) is 1. The molecule has 0 atom stereocenters. The molecule has 3 rings (SSSR count). The van der Waals surface area contributed by atoms with Gasteiger partial charge in [0.25, 0.3) is 0 Å². The van der Waals surface area contributed by atoms with Gasteiger partial charge in [-0.2, -0.15) is 18.3 Å². The molecule has 0 saturated heterocycles. The Kier molecular flexibility index (Phi) is 7.76. The zero-order valence-corrected chi connectivity index (χ0v) is 17.2. The number of nitrogens with zero attached hydrogens (tertiary/aromatic N) is 3. The maximum Gasteiger partial charge on any atom is 0.408 e. The van der Waals surface area contributed by atoms with Gasteiger partial charge in [0.05, 0.1) is 14.2 Å². The second-order valence-corrected chi connectivity index (χ2v) is 7.14. The molecular formula is C19H26ClF3N4O2. The first-order valence-electron chi connectivity index (χ1n) is 9.26. The predicted molar refractivity (Wildman–Crippen MR) is 105 cm³/mol. The maximum atomic E-state index is 13.0. The summed E-state index contributed by atoms with van der Waals surface area (Å²) in [6, 6.07) is 5.47. The van der Waals surface area contributed by atoms with Crippen LogP contribution < -0.4 is 15.2 Å². The van der Waals surface area contributed by atoms with Crippen molar-refractivity contribution in [2.75, 3.05) is 14.2 Å². The standard InChI is InChI=1S/C19H25F3N4O2.ClH/c1-27-15-8-3-12(9-16(15)28-2)10-17-24-18(13-4-6-14(23)7-5-13)26(25-17)11-19(20,21)22;/h3,8-9,13-14H,4-7,10-11,23H2,1-2H3;1H. The average molecular weight is 435 g/mol. The minimum absolute atomic E-state index is 0. The molecule has 0 radical (unpaired) electrons. The molecule has 1 heterocycles. The molecule has 0 bridgehead atoms. The SMILES string of the molecule is COc1ccc(Cc2nc(C3CCC(N)CC3)n(CC(F)(F)F)n2)cc1OC.Cl. The van der Waals surface area contributed by atoms with Crippen molar-refractivity contribution in [1.82, 2.24) is 14.8 Å². The van der Waals surface area contributed by atoms with Crippen LogP contribution in [-0.2, 0) is 13.0 Å². The van der Waals surface area contributed by atoms with Crippen LogP contribution >= 0.6 is 12.4 Å². The van der Waals surface area contributed by atoms with Gasteiger partial charge in [-0.1, -0.05) is 6.07 Å². The third kappa shape index (κ3) is 5.99. The Morgan fingerprint density at radius 3 is 2.34 bits per heavy atom. The van der Waals surface area contributed by atoms with Crippen LogP contribution in [0.15, 0.2) is 18.2 Å². The van der Waals surface area contributed by atoms with Gasteiger partial charge < -0.3 is 15.2 Å². The topological polar surface area (TPSA) is 75.2 Å². The molecule has 1 aliphatic carbocycles. The molecule has 1 aliphatic rings. The number of ether oxygens (including phenoxy) is 2. The highest BCUT2D eigenvalue weighted by atomic mass is 35.5. The Hall–Kier alpha value is -2.00. The Bertz CT molecular complexity index is 805. The van der Waals surface area contributed by atoms with Crippen molar-refractivity contribution in [3.05, 3.63) is 35.4 Å². The number of rotatable bonds is 6. The van der Waals surface area contributed by atoms with Gasteiger partial charge in [-0.3, -0.25) is 0 Å². The molecular weight excluding hydrogens is 409 g/mol. The maximum absolute atomic E-state index is 13.0. The molecule has 2 N–H and O–H groups in total. The van der Waals surface area contributed by atoms with E-state index in [1.54, 1.807) is 19.2 Å². The highest BCUT2D eigenvalue weighted by molar-refractivity contribution is 5.85. The Morgan fingerprint density at radius 2 is 1.76 bits per heavy atom. The molecule has 6 nitrogen and oxygen atoms in total. The fourth-order valence-electron chi connectivity index (χ4n) is 3.62. The van der Waals surface area contributed by atoms with Gasteiger partial charge >= 0.3 is 6.18 Å². The summed E-state index contributed by atoms with van der Waals surface area (Å²) < 4.78 is 50.6. The zero-order valence-electron chi connectivity index (χ0n) is 16.4. The van der Waals surface area contributed by atoms with E-state index in [2.05, 4.69) is 10.1 Å². The summed E-state index contributed by atoms with van der Waals surface area (Å²) in [7, 11) is 3.07.